The Morgan fingerprint density at radius 2 is 1.64 bits per heavy atom. The fourth-order valence-corrected chi connectivity index (χ4v) is 3.98. The average Bonchev–Trinajstić information content (AvgIpc) is 3.07. The topological polar surface area (TPSA) is 92.3 Å². The predicted octanol–water partition coefficient (Wildman–Crippen LogP) is 5.89. The maximum absolute atomic E-state index is 13.0. The maximum atomic E-state index is 13.0. The number of fused-ring (bicyclic) bond motifs is 2. The zero-order chi connectivity index (χ0) is 23.6. The number of aryl methyl sites for hydroxylation is 1. The third-order valence-electron chi connectivity index (χ3n) is 5.75. The summed E-state index contributed by atoms with van der Waals surface area (Å²) in [4.78, 5) is 22.5. The minimum Gasteiger partial charge on any atom is -0.462 e. The van der Waals surface area contributed by atoms with Crippen LogP contribution in [0.1, 0.15) is 82.5 Å². The quantitative estimate of drug-likeness (QED) is 0.241. The lowest BCUT2D eigenvalue weighted by atomic mass is 10.1. The van der Waals surface area contributed by atoms with Crippen molar-refractivity contribution in [3.63, 3.8) is 0 Å². The summed E-state index contributed by atoms with van der Waals surface area (Å²) < 4.78 is 13.1. The number of hydrogen-bond donors (Lipinski definition) is 1. The number of esters is 1. The molecular formula is C26H38N4O3. The lowest BCUT2D eigenvalue weighted by Gasteiger charge is -2.10. The number of hydrogen-bond acceptors (Lipinski definition) is 6. The average molecular weight is 455 g/mol. The molecule has 0 radical (unpaired) electrons. The van der Waals surface area contributed by atoms with E-state index in [2.05, 4.69) is 6.92 Å². The van der Waals surface area contributed by atoms with Crippen LogP contribution >= 0.6 is 0 Å². The van der Waals surface area contributed by atoms with E-state index in [1.54, 1.807) is 0 Å². The minimum absolute atomic E-state index is 0.171. The van der Waals surface area contributed by atoms with Crippen molar-refractivity contribution in [1.82, 2.24) is 14.5 Å². The van der Waals surface area contributed by atoms with Crippen LogP contribution in [-0.4, -0.2) is 39.8 Å². The van der Waals surface area contributed by atoms with Crippen LogP contribution in [0.4, 0.5) is 5.82 Å². The Balaban J connectivity index is 1.74. The summed E-state index contributed by atoms with van der Waals surface area (Å²) >= 11 is 0. The van der Waals surface area contributed by atoms with Gasteiger partial charge >= 0.3 is 5.97 Å². The van der Waals surface area contributed by atoms with Crippen LogP contribution in [0.5, 0.6) is 0 Å². The van der Waals surface area contributed by atoms with Crippen molar-refractivity contribution < 1.29 is 14.3 Å². The molecule has 0 aliphatic carbocycles. The third kappa shape index (κ3) is 6.67. The van der Waals surface area contributed by atoms with Gasteiger partial charge in [-0.1, -0.05) is 57.6 Å². The molecule has 180 valence electrons. The monoisotopic (exact) mass is 454 g/mol. The minimum atomic E-state index is -0.426. The van der Waals surface area contributed by atoms with E-state index in [1.807, 2.05) is 42.7 Å². The van der Waals surface area contributed by atoms with Gasteiger partial charge in [0.25, 0.3) is 0 Å². The smallest absolute Gasteiger partial charge is 0.344 e. The van der Waals surface area contributed by atoms with Gasteiger partial charge in [0.2, 0.25) is 0 Å². The molecule has 0 spiro atoms. The van der Waals surface area contributed by atoms with Gasteiger partial charge in [-0.05, 0) is 38.8 Å². The van der Waals surface area contributed by atoms with Gasteiger partial charge in [-0.15, -0.1) is 0 Å². The molecular weight excluding hydrogens is 416 g/mol. The molecule has 0 saturated heterocycles. The lowest BCUT2D eigenvalue weighted by Crippen LogP contribution is -2.12. The van der Waals surface area contributed by atoms with Gasteiger partial charge in [0, 0.05) is 13.2 Å². The zero-order valence-electron chi connectivity index (χ0n) is 20.3. The molecule has 0 bridgehead atoms. The Morgan fingerprint density at radius 3 is 2.33 bits per heavy atom. The lowest BCUT2D eigenvalue weighted by molar-refractivity contribution is 0.0501. The Bertz CT molecular complexity index is 1040. The number of ether oxygens (including phenoxy) is 2. The molecule has 0 fully saturated rings. The summed E-state index contributed by atoms with van der Waals surface area (Å²) in [6.45, 7) is 7.83. The van der Waals surface area contributed by atoms with Crippen molar-refractivity contribution in [3.05, 3.63) is 29.8 Å². The van der Waals surface area contributed by atoms with Crippen molar-refractivity contribution >= 4 is 34.0 Å². The van der Waals surface area contributed by atoms with Gasteiger partial charge in [0.05, 0.1) is 23.7 Å². The number of rotatable bonds is 14. The van der Waals surface area contributed by atoms with Crippen molar-refractivity contribution in [1.29, 1.82) is 0 Å². The summed E-state index contributed by atoms with van der Waals surface area (Å²) in [6.07, 6.45) is 9.08. The number of nitrogens with zero attached hydrogens (tertiary/aromatic N) is 3. The number of unbranched alkanes of at least 4 members (excludes halogenated alkanes) is 6. The van der Waals surface area contributed by atoms with E-state index in [1.165, 1.54) is 32.1 Å². The second kappa shape index (κ2) is 12.5. The normalized spacial score (nSPS) is 11.6. The highest BCUT2D eigenvalue weighted by molar-refractivity contribution is 6.08. The fourth-order valence-electron chi connectivity index (χ4n) is 3.98. The van der Waals surface area contributed by atoms with E-state index >= 15 is 0 Å². The van der Waals surface area contributed by atoms with Crippen LogP contribution in [0, 0.1) is 0 Å². The summed E-state index contributed by atoms with van der Waals surface area (Å²) in [5, 5.41) is 0. The molecule has 0 atom stereocenters. The first-order valence-electron chi connectivity index (χ1n) is 12.4. The molecule has 0 amide bonds. The highest BCUT2D eigenvalue weighted by atomic mass is 16.5. The molecule has 7 heteroatoms. The first-order chi connectivity index (χ1) is 16.0. The molecule has 0 saturated carbocycles. The molecule has 3 rings (SSSR count). The third-order valence-corrected chi connectivity index (χ3v) is 5.75. The first kappa shape index (κ1) is 25.0. The number of carbonyl (C=O) groups excluding carboxylic acids is 1. The number of aromatic nitrogens is 3. The highest BCUT2D eigenvalue weighted by Crippen LogP contribution is 2.29. The SMILES string of the molecule is CCCCCCCCCOC(=O)c1c(N)n(CCCOC(C)C)c2nc3ccccc3nc12. The molecule has 33 heavy (non-hydrogen) atoms. The second-order valence-corrected chi connectivity index (χ2v) is 8.83. The number of para-hydroxylation sites is 2. The van der Waals surface area contributed by atoms with Gasteiger partial charge in [0.1, 0.15) is 16.9 Å². The van der Waals surface area contributed by atoms with Crippen molar-refractivity contribution in [3.8, 4) is 0 Å². The standard InChI is InChI=1S/C26H38N4O3/c1-4-5-6-7-8-9-12-17-33-26(31)22-23-25(29-21-15-11-10-14-20(21)28-23)30(24(22)27)16-13-18-32-19(2)3/h10-11,14-15,19H,4-9,12-13,16-18,27H2,1-3H3. The van der Waals surface area contributed by atoms with Crippen LogP contribution < -0.4 is 5.73 Å². The van der Waals surface area contributed by atoms with E-state index in [-0.39, 0.29) is 6.10 Å². The molecule has 0 aliphatic rings. The van der Waals surface area contributed by atoms with Gasteiger partial charge in [-0.2, -0.15) is 0 Å². The summed E-state index contributed by atoms with van der Waals surface area (Å²) in [7, 11) is 0. The van der Waals surface area contributed by atoms with Crippen LogP contribution in [-0.2, 0) is 16.0 Å². The molecule has 3 aromatic rings. The highest BCUT2D eigenvalue weighted by Gasteiger charge is 2.25. The number of carbonyl (C=O) groups is 1. The zero-order valence-corrected chi connectivity index (χ0v) is 20.3. The maximum Gasteiger partial charge on any atom is 0.344 e. The Morgan fingerprint density at radius 1 is 0.970 bits per heavy atom. The molecule has 2 aromatic heterocycles. The van der Waals surface area contributed by atoms with Crippen LogP contribution in [0.3, 0.4) is 0 Å². The van der Waals surface area contributed by atoms with E-state index < -0.39 is 5.97 Å². The van der Waals surface area contributed by atoms with Gasteiger partial charge in [0.15, 0.2) is 5.65 Å². The van der Waals surface area contributed by atoms with E-state index in [0.717, 1.165) is 30.3 Å². The number of nitrogens with two attached hydrogens (primary N) is 1. The summed E-state index contributed by atoms with van der Waals surface area (Å²) in [5.41, 5.74) is 9.38. The number of nitrogen functional groups attached to an aromatic ring is 1. The molecule has 7 nitrogen and oxygen atoms in total. The molecule has 1 aromatic carbocycles. The first-order valence-corrected chi connectivity index (χ1v) is 12.4. The molecule has 0 aliphatic heterocycles. The second-order valence-electron chi connectivity index (χ2n) is 8.83. The molecule has 2 heterocycles. The Kier molecular flexibility index (Phi) is 9.48. The van der Waals surface area contributed by atoms with Gasteiger partial charge in [-0.25, -0.2) is 14.8 Å². The van der Waals surface area contributed by atoms with Crippen molar-refractivity contribution in [2.45, 2.75) is 84.8 Å². The van der Waals surface area contributed by atoms with Crippen molar-refractivity contribution in [2.75, 3.05) is 18.9 Å². The van der Waals surface area contributed by atoms with Gasteiger partial charge in [-0.3, -0.25) is 0 Å². The molecule has 2 N–H and O–H groups in total. The Hall–Kier alpha value is -2.67. The van der Waals surface area contributed by atoms with Crippen LogP contribution in [0.25, 0.3) is 22.2 Å². The Labute approximate surface area is 196 Å². The predicted molar refractivity (Wildman–Crippen MR) is 133 cm³/mol. The molecule has 0 unspecified atom stereocenters. The van der Waals surface area contributed by atoms with Gasteiger partial charge < -0.3 is 19.8 Å². The van der Waals surface area contributed by atoms with E-state index in [0.29, 0.717) is 42.3 Å². The summed E-state index contributed by atoms with van der Waals surface area (Å²) in [5.74, 6) is -0.0698. The summed E-state index contributed by atoms with van der Waals surface area (Å²) in [6, 6.07) is 7.63. The van der Waals surface area contributed by atoms with E-state index in [9.17, 15) is 4.79 Å². The number of benzene rings is 1. The van der Waals surface area contributed by atoms with E-state index in [4.69, 9.17) is 25.2 Å². The van der Waals surface area contributed by atoms with Crippen molar-refractivity contribution in [2.24, 2.45) is 0 Å². The fraction of sp³-hybridized carbons (Fsp3) is 0.577. The number of anilines is 1. The van der Waals surface area contributed by atoms with Crippen LogP contribution in [0.15, 0.2) is 24.3 Å². The largest absolute Gasteiger partial charge is 0.462 e. The van der Waals surface area contributed by atoms with Crippen LogP contribution in [0.2, 0.25) is 0 Å².